The van der Waals surface area contributed by atoms with Crippen LogP contribution in [0.2, 0.25) is 0 Å². The molecule has 1 fully saturated rings. The lowest BCUT2D eigenvalue weighted by atomic mass is 10.1. The van der Waals surface area contributed by atoms with Gasteiger partial charge in [0, 0.05) is 32.2 Å². The van der Waals surface area contributed by atoms with Gasteiger partial charge in [0.15, 0.2) is 0 Å². The minimum atomic E-state index is -0.0840. The van der Waals surface area contributed by atoms with Crippen molar-refractivity contribution in [2.75, 3.05) is 33.8 Å². The zero-order valence-corrected chi connectivity index (χ0v) is 16.1. The first-order valence-corrected chi connectivity index (χ1v) is 9.51. The highest BCUT2D eigenvalue weighted by Crippen LogP contribution is 2.45. The summed E-state index contributed by atoms with van der Waals surface area (Å²) in [5, 5.41) is 2.65. The highest BCUT2D eigenvalue weighted by Gasteiger charge is 2.39. The zero-order valence-electron chi connectivity index (χ0n) is 15.3. The smallest absolute Gasteiger partial charge is 0.317 e. The topological polar surface area (TPSA) is 61.9 Å². The van der Waals surface area contributed by atoms with E-state index in [1.165, 1.54) is 0 Å². The van der Waals surface area contributed by atoms with Crippen LogP contribution in [0.1, 0.15) is 31.2 Å². The molecule has 2 rings (SSSR count). The van der Waals surface area contributed by atoms with Crippen LogP contribution in [0, 0.1) is 0 Å². The first kappa shape index (κ1) is 19.4. The molecule has 0 bridgehead atoms. The van der Waals surface area contributed by atoms with Crippen molar-refractivity contribution in [2.24, 2.45) is 0 Å². The third-order valence-corrected chi connectivity index (χ3v) is 5.60. The highest BCUT2D eigenvalue weighted by molar-refractivity contribution is 8.01. The van der Waals surface area contributed by atoms with Crippen LogP contribution >= 0.6 is 11.8 Å². The molecule has 1 saturated heterocycles. The summed E-state index contributed by atoms with van der Waals surface area (Å²) in [4.78, 5) is 27.9. The van der Waals surface area contributed by atoms with Gasteiger partial charge in [-0.05, 0) is 26.3 Å². The van der Waals surface area contributed by atoms with Crippen molar-refractivity contribution in [3.8, 4) is 5.75 Å². The Morgan fingerprint density at radius 1 is 1.40 bits per heavy atom. The molecule has 7 heteroatoms. The molecule has 2 unspecified atom stereocenters. The van der Waals surface area contributed by atoms with E-state index in [1.807, 2.05) is 43.0 Å². The summed E-state index contributed by atoms with van der Waals surface area (Å²) in [6.07, 6.45) is 0.734. The van der Waals surface area contributed by atoms with Gasteiger partial charge in [-0.25, -0.2) is 4.79 Å². The maximum Gasteiger partial charge on any atom is 0.317 e. The van der Waals surface area contributed by atoms with Crippen molar-refractivity contribution < 1.29 is 14.3 Å². The first-order valence-electron chi connectivity index (χ1n) is 8.57. The molecule has 6 nitrogen and oxygen atoms in total. The molecule has 1 heterocycles. The summed E-state index contributed by atoms with van der Waals surface area (Å²) >= 11 is 1.64. The summed E-state index contributed by atoms with van der Waals surface area (Å²) in [7, 11) is 3.42. The maximum atomic E-state index is 12.6. The standard InChI is InChI=1S/C18H27N3O3S/c1-5-19-18(23)20(3)11-8-12-21-16(22)13(2)25-17(21)14-9-6-7-10-15(14)24-4/h6-7,9-10,13,17H,5,8,11-12H2,1-4H3,(H,19,23). The number of benzene rings is 1. The van der Waals surface area contributed by atoms with Gasteiger partial charge in [-0.2, -0.15) is 0 Å². The Kier molecular flexibility index (Phi) is 6.99. The van der Waals surface area contributed by atoms with E-state index in [4.69, 9.17) is 4.74 Å². The van der Waals surface area contributed by atoms with Crippen molar-refractivity contribution >= 4 is 23.7 Å². The van der Waals surface area contributed by atoms with E-state index in [-0.39, 0.29) is 22.6 Å². The summed E-state index contributed by atoms with van der Waals surface area (Å²) in [6, 6.07) is 7.74. The number of amides is 3. The molecule has 138 valence electrons. The molecule has 1 aliphatic heterocycles. The number of thioether (sulfide) groups is 1. The predicted molar refractivity (Wildman–Crippen MR) is 101 cm³/mol. The van der Waals surface area contributed by atoms with Crippen LogP contribution in [-0.4, -0.2) is 60.8 Å². The van der Waals surface area contributed by atoms with Gasteiger partial charge in [-0.3, -0.25) is 4.79 Å². The highest BCUT2D eigenvalue weighted by atomic mass is 32.2. The number of nitrogens with zero attached hydrogens (tertiary/aromatic N) is 2. The maximum absolute atomic E-state index is 12.6. The van der Waals surface area contributed by atoms with E-state index >= 15 is 0 Å². The third-order valence-electron chi connectivity index (χ3n) is 4.22. The first-order chi connectivity index (χ1) is 12.0. The predicted octanol–water partition coefficient (Wildman–Crippen LogP) is 2.71. The van der Waals surface area contributed by atoms with Crippen LogP contribution in [0.5, 0.6) is 5.75 Å². The summed E-state index contributed by atoms with van der Waals surface area (Å²) in [5.41, 5.74) is 1.02. The van der Waals surface area contributed by atoms with Crippen molar-refractivity contribution in [1.29, 1.82) is 0 Å². The number of rotatable bonds is 7. The zero-order chi connectivity index (χ0) is 18.4. The van der Waals surface area contributed by atoms with Gasteiger partial charge in [-0.15, -0.1) is 11.8 Å². The average molecular weight is 365 g/mol. The second kappa shape index (κ2) is 8.99. The normalized spacial score (nSPS) is 19.8. The van der Waals surface area contributed by atoms with Gasteiger partial charge in [-0.1, -0.05) is 18.2 Å². The van der Waals surface area contributed by atoms with E-state index in [1.54, 1.807) is 30.8 Å². The molecular weight excluding hydrogens is 338 g/mol. The number of carbonyl (C=O) groups is 2. The Hall–Kier alpha value is -1.89. The van der Waals surface area contributed by atoms with Crippen LogP contribution < -0.4 is 10.1 Å². The quantitative estimate of drug-likeness (QED) is 0.807. The van der Waals surface area contributed by atoms with Gasteiger partial charge in [0.05, 0.1) is 12.4 Å². The number of carbonyl (C=O) groups excluding carboxylic acids is 2. The molecule has 0 saturated carbocycles. The van der Waals surface area contributed by atoms with E-state index in [0.717, 1.165) is 17.7 Å². The largest absolute Gasteiger partial charge is 0.496 e. The number of hydrogen-bond acceptors (Lipinski definition) is 4. The van der Waals surface area contributed by atoms with Gasteiger partial charge >= 0.3 is 6.03 Å². The number of hydrogen-bond donors (Lipinski definition) is 1. The molecule has 0 aromatic heterocycles. The Balaban J connectivity index is 2.04. The number of methoxy groups -OCH3 is 1. The van der Waals surface area contributed by atoms with Crippen molar-refractivity contribution in [2.45, 2.75) is 30.9 Å². The number of para-hydroxylation sites is 1. The van der Waals surface area contributed by atoms with E-state index in [2.05, 4.69) is 5.32 Å². The molecule has 1 aromatic carbocycles. The van der Waals surface area contributed by atoms with Gasteiger partial charge in [0.1, 0.15) is 11.1 Å². The van der Waals surface area contributed by atoms with Crippen molar-refractivity contribution in [1.82, 2.24) is 15.1 Å². The van der Waals surface area contributed by atoms with E-state index in [0.29, 0.717) is 19.6 Å². The molecule has 3 amide bonds. The Bertz CT molecular complexity index is 611. The SMILES string of the molecule is CCNC(=O)N(C)CCCN1C(=O)C(C)SC1c1ccccc1OC. The van der Waals surface area contributed by atoms with E-state index < -0.39 is 0 Å². The Morgan fingerprint density at radius 3 is 2.80 bits per heavy atom. The summed E-state index contributed by atoms with van der Waals surface area (Å²) in [6.45, 7) is 5.66. The monoisotopic (exact) mass is 365 g/mol. The van der Waals surface area contributed by atoms with E-state index in [9.17, 15) is 9.59 Å². The van der Waals surface area contributed by atoms with Crippen molar-refractivity contribution in [3.63, 3.8) is 0 Å². The summed E-state index contributed by atoms with van der Waals surface area (Å²) < 4.78 is 5.47. The Morgan fingerprint density at radius 2 is 2.12 bits per heavy atom. The molecule has 1 aromatic rings. The van der Waals surface area contributed by atoms with Gasteiger partial charge in [0.25, 0.3) is 0 Å². The third kappa shape index (κ3) is 4.60. The fraction of sp³-hybridized carbons (Fsp3) is 0.556. The molecular formula is C18H27N3O3S. The number of urea groups is 1. The Labute approximate surface area is 153 Å². The lowest BCUT2D eigenvalue weighted by molar-refractivity contribution is -0.129. The number of nitrogens with one attached hydrogen (secondary N) is 1. The fourth-order valence-corrected chi connectivity index (χ4v) is 4.22. The van der Waals surface area contributed by atoms with Gasteiger partial charge in [0.2, 0.25) is 5.91 Å². The molecule has 2 atom stereocenters. The van der Waals surface area contributed by atoms with Crippen LogP contribution in [-0.2, 0) is 4.79 Å². The fourth-order valence-electron chi connectivity index (χ4n) is 2.88. The number of ether oxygens (including phenoxy) is 1. The lowest BCUT2D eigenvalue weighted by Crippen LogP contribution is -2.39. The van der Waals surface area contributed by atoms with Crippen LogP contribution in [0.3, 0.4) is 0 Å². The molecule has 25 heavy (non-hydrogen) atoms. The molecule has 0 radical (unpaired) electrons. The van der Waals surface area contributed by atoms with Crippen LogP contribution in [0.4, 0.5) is 4.79 Å². The minimum absolute atomic E-state index is 0.0478. The summed E-state index contributed by atoms with van der Waals surface area (Å²) in [5.74, 6) is 0.938. The van der Waals surface area contributed by atoms with Crippen LogP contribution in [0.15, 0.2) is 24.3 Å². The molecule has 1 aliphatic rings. The van der Waals surface area contributed by atoms with Crippen molar-refractivity contribution in [3.05, 3.63) is 29.8 Å². The second-order valence-electron chi connectivity index (χ2n) is 6.01. The molecule has 0 aliphatic carbocycles. The average Bonchev–Trinajstić information content (AvgIpc) is 2.90. The van der Waals surface area contributed by atoms with Crippen LogP contribution in [0.25, 0.3) is 0 Å². The molecule has 1 N–H and O–H groups in total. The molecule has 0 spiro atoms. The second-order valence-corrected chi connectivity index (χ2v) is 7.44. The van der Waals surface area contributed by atoms with Gasteiger partial charge < -0.3 is 19.9 Å². The minimum Gasteiger partial charge on any atom is -0.496 e. The lowest BCUT2D eigenvalue weighted by Gasteiger charge is -2.26.